The van der Waals surface area contributed by atoms with Gasteiger partial charge in [0.15, 0.2) is 5.16 Å². The van der Waals surface area contributed by atoms with Crippen molar-refractivity contribution < 1.29 is 4.74 Å². The monoisotopic (exact) mass is 262 g/mol. The van der Waals surface area contributed by atoms with Crippen LogP contribution in [0.5, 0.6) is 5.75 Å². The SMILES string of the molecule is CSc1nc(N)nc(CCOc2ccccc2)n1. The van der Waals surface area contributed by atoms with Gasteiger partial charge in [0.05, 0.1) is 6.61 Å². The number of benzene rings is 1. The van der Waals surface area contributed by atoms with Crippen LogP contribution < -0.4 is 10.5 Å². The number of aromatic nitrogens is 3. The number of thioether (sulfide) groups is 1. The molecule has 1 aromatic carbocycles. The maximum Gasteiger partial charge on any atom is 0.224 e. The summed E-state index contributed by atoms with van der Waals surface area (Å²) in [5, 5.41) is 0.636. The Kier molecular flexibility index (Phi) is 4.35. The predicted molar refractivity (Wildman–Crippen MR) is 71.7 cm³/mol. The van der Waals surface area contributed by atoms with Gasteiger partial charge >= 0.3 is 0 Å². The molecule has 2 N–H and O–H groups in total. The molecule has 0 saturated carbocycles. The van der Waals surface area contributed by atoms with Gasteiger partial charge in [0.1, 0.15) is 11.6 Å². The summed E-state index contributed by atoms with van der Waals surface area (Å²) >= 11 is 1.44. The fourth-order valence-electron chi connectivity index (χ4n) is 1.40. The maximum atomic E-state index is 5.60. The van der Waals surface area contributed by atoms with E-state index in [1.807, 2.05) is 36.6 Å². The Morgan fingerprint density at radius 2 is 1.94 bits per heavy atom. The van der Waals surface area contributed by atoms with Gasteiger partial charge < -0.3 is 10.5 Å². The molecule has 0 unspecified atom stereocenters. The molecule has 1 aromatic heterocycles. The molecule has 0 radical (unpaired) electrons. The summed E-state index contributed by atoms with van der Waals surface area (Å²) in [6, 6.07) is 9.64. The molecule has 0 aliphatic heterocycles. The highest BCUT2D eigenvalue weighted by Crippen LogP contribution is 2.11. The summed E-state index contributed by atoms with van der Waals surface area (Å²) in [6.07, 6.45) is 2.51. The van der Waals surface area contributed by atoms with Crippen LogP contribution in [0.25, 0.3) is 0 Å². The average molecular weight is 262 g/mol. The average Bonchev–Trinajstić information content (AvgIpc) is 2.39. The standard InChI is InChI=1S/C12H14N4OS/c1-18-12-15-10(14-11(13)16-12)7-8-17-9-5-3-2-4-6-9/h2-6H,7-8H2,1H3,(H2,13,14,15,16). The van der Waals surface area contributed by atoms with Crippen molar-refractivity contribution >= 4 is 17.7 Å². The van der Waals surface area contributed by atoms with E-state index < -0.39 is 0 Å². The third-order valence-corrected chi connectivity index (χ3v) is 2.75. The molecule has 0 amide bonds. The van der Waals surface area contributed by atoms with Crippen LogP contribution in [0.2, 0.25) is 0 Å². The first-order chi connectivity index (χ1) is 8.78. The number of hydrogen-bond donors (Lipinski definition) is 1. The fraction of sp³-hybridized carbons (Fsp3) is 0.250. The molecule has 0 spiro atoms. The Morgan fingerprint density at radius 1 is 1.17 bits per heavy atom. The first-order valence-corrected chi connectivity index (χ1v) is 6.72. The summed E-state index contributed by atoms with van der Waals surface area (Å²) < 4.78 is 5.58. The van der Waals surface area contributed by atoms with Gasteiger partial charge in [0.2, 0.25) is 5.95 Å². The summed E-state index contributed by atoms with van der Waals surface area (Å²) in [5.74, 6) is 1.75. The number of anilines is 1. The number of ether oxygens (including phenoxy) is 1. The number of nitrogens with two attached hydrogens (primary N) is 1. The first kappa shape index (κ1) is 12.6. The van der Waals surface area contributed by atoms with Crippen molar-refractivity contribution in [3.8, 4) is 5.75 Å². The maximum absolute atomic E-state index is 5.60. The summed E-state index contributed by atoms with van der Waals surface area (Å²) in [5.41, 5.74) is 5.60. The predicted octanol–water partition coefficient (Wildman–Crippen LogP) is 1.80. The number of para-hydroxylation sites is 1. The van der Waals surface area contributed by atoms with Gasteiger partial charge in [-0.1, -0.05) is 30.0 Å². The Hall–Kier alpha value is -1.82. The van der Waals surface area contributed by atoms with Gasteiger partial charge in [0.25, 0.3) is 0 Å². The molecular weight excluding hydrogens is 248 g/mol. The minimum atomic E-state index is 0.254. The van der Waals surface area contributed by atoms with Crippen molar-refractivity contribution in [3.63, 3.8) is 0 Å². The molecule has 0 saturated heterocycles. The fourth-order valence-corrected chi connectivity index (χ4v) is 1.78. The lowest BCUT2D eigenvalue weighted by atomic mass is 10.3. The van der Waals surface area contributed by atoms with Crippen molar-refractivity contribution in [2.45, 2.75) is 11.6 Å². The molecule has 0 aliphatic rings. The van der Waals surface area contributed by atoms with Crippen molar-refractivity contribution in [2.24, 2.45) is 0 Å². The Morgan fingerprint density at radius 3 is 2.67 bits per heavy atom. The van der Waals surface area contributed by atoms with Crippen LogP contribution in [-0.4, -0.2) is 27.8 Å². The van der Waals surface area contributed by atoms with Crippen LogP contribution in [-0.2, 0) is 6.42 Å². The third kappa shape index (κ3) is 3.59. The van der Waals surface area contributed by atoms with Gasteiger partial charge in [-0.2, -0.15) is 9.97 Å². The zero-order chi connectivity index (χ0) is 12.8. The molecule has 5 nitrogen and oxygen atoms in total. The summed E-state index contributed by atoms with van der Waals surface area (Å²) in [4.78, 5) is 12.3. The second-order valence-corrected chi connectivity index (χ2v) is 4.28. The van der Waals surface area contributed by atoms with E-state index in [2.05, 4.69) is 15.0 Å². The van der Waals surface area contributed by atoms with E-state index >= 15 is 0 Å². The van der Waals surface area contributed by atoms with Gasteiger partial charge in [-0.05, 0) is 18.4 Å². The zero-order valence-electron chi connectivity index (χ0n) is 10.0. The lowest BCUT2D eigenvalue weighted by Crippen LogP contribution is -2.08. The van der Waals surface area contributed by atoms with E-state index in [1.165, 1.54) is 11.8 Å². The van der Waals surface area contributed by atoms with Gasteiger partial charge in [-0.3, -0.25) is 0 Å². The molecule has 0 fully saturated rings. The Balaban J connectivity index is 1.92. The van der Waals surface area contributed by atoms with E-state index in [1.54, 1.807) is 0 Å². The lowest BCUT2D eigenvalue weighted by molar-refractivity contribution is 0.318. The third-order valence-electron chi connectivity index (χ3n) is 2.20. The molecule has 18 heavy (non-hydrogen) atoms. The molecular formula is C12H14N4OS. The molecule has 0 atom stereocenters. The summed E-state index contributed by atoms with van der Waals surface area (Å²) in [6.45, 7) is 0.515. The van der Waals surface area contributed by atoms with E-state index in [0.717, 1.165) is 5.75 Å². The van der Waals surface area contributed by atoms with Crippen molar-refractivity contribution in [1.29, 1.82) is 0 Å². The number of nitrogens with zero attached hydrogens (tertiary/aromatic N) is 3. The highest BCUT2D eigenvalue weighted by atomic mass is 32.2. The summed E-state index contributed by atoms with van der Waals surface area (Å²) in [7, 11) is 0. The molecule has 2 aromatic rings. The second-order valence-electron chi connectivity index (χ2n) is 3.51. The Labute approximate surface area is 110 Å². The highest BCUT2D eigenvalue weighted by molar-refractivity contribution is 7.98. The molecule has 0 bridgehead atoms. The quantitative estimate of drug-likeness (QED) is 0.828. The van der Waals surface area contributed by atoms with Crippen molar-refractivity contribution in [2.75, 3.05) is 18.6 Å². The van der Waals surface area contributed by atoms with Crippen molar-refractivity contribution in [1.82, 2.24) is 15.0 Å². The minimum absolute atomic E-state index is 0.254. The minimum Gasteiger partial charge on any atom is -0.493 e. The molecule has 2 rings (SSSR count). The van der Waals surface area contributed by atoms with E-state index in [4.69, 9.17) is 10.5 Å². The Bertz CT molecular complexity index is 507. The number of hydrogen-bond acceptors (Lipinski definition) is 6. The smallest absolute Gasteiger partial charge is 0.224 e. The second kappa shape index (κ2) is 6.20. The van der Waals surface area contributed by atoms with E-state index in [-0.39, 0.29) is 5.95 Å². The zero-order valence-corrected chi connectivity index (χ0v) is 10.9. The molecule has 0 aliphatic carbocycles. The van der Waals surface area contributed by atoms with Gasteiger partial charge in [-0.25, -0.2) is 4.98 Å². The van der Waals surface area contributed by atoms with Crippen molar-refractivity contribution in [3.05, 3.63) is 36.2 Å². The lowest BCUT2D eigenvalue weighted by Gasteiger charge is -2.06. The molecule has 6 heteroatoms. The van der Waals surface area contributed by atoms with E-state index in [0.29, 0.717) is 24.0 Å². The largest absolute Gasteiger partial charge is 0.493 e. The molecule has 94 valence electrons. The van der Waals surface area contributed by atoms with Crippen LogP contribution in [0.3, 0.4) is 0 Å². The van der Waals surface area contributed by atoms with Crippen LogP contribution >= 0.6 is 11.8 Å². The van der Waals surface area contributed by atoms with Crippen LogP contribution in [0, 0.1) is 0 Å². The highest BCUT2D eigenvalue weighted by Gasteiger charge is 2.03. The van der Waals surface area contributed by atoms with Crippen LogP contribution in [0.15, 0.2) is 35.5 Å². The van der Waals surface area contributed by atoms with Crippen LogP contribution in [0.1, 0.15) is 5.82 Å². The normalized spacial score (nSPS) is 10.3. The number of nitrogen functional groups attached to an aromatic ring is 1. The van der Waals surface area contributed by atoms with E-state index in [9.17, 15) is 0 Å². The van der Waals surface area contributed by atoms with Gasteiger partial charge in [-0.15, -0.1) is 0 Å². The molecule has 1 heterocycles. The van der Waals surface area contributed by atoms with Gasteiger partial charge in [0, 0.05) is 6.42 Å². The topological polar surface area (TPSA) is 73.9 Å². The first-order valence-electron chi connectivity index (χ1n) is 5.50. The number of rotatable bonds is 5. The van der Waals surface area contributed by atoms with Crippen LogP contribution in [0.4, 0.5) is 5.95 Å².